The lowest BCUT2D eigenvalue weighted by Gasteiger charge is -2.34. The van der Waals surface area contributed by atoms with Gasteiger partial charge >= 0.3 is 0 Å². The number of carbonyl (C=O) groups is 1. The fourth-order valence-electron chi connectivity index (χ4n) is 3.00. The quantitative estimate of drug-likeness (QED) is 0.908. The molecule has 0 radical (unpaired) electrons. The Kier molecular flexibility index (Phi) is 3.82. The first-order chi connectivity index (χ1) is 10.2. The molecule has 112 valence electrons. The molecule has 1 N–H and O–H groups in total. The molecule has 1 aromatic carbocycles. The van der Waals surface area contributed by atoms with E-state index in [0.717, 1.165) is 19.4 Å². The minimum absolute atomic E-state index is 0.0105. The average molecular weight is 288 g/mol. The van der Waals surface area contributed by atoms with Gasteiger partial charge in [0.25, 0.3) is 5.91 Å². The number of amides is 1. The third-order valence-corrected chi connectivity index (χ3v) is 4.25. The molecule has 0 bridgehead atoms. The smallest absolute Gasteiger partial charge is 0.267 e. The highest BCUT2D eigenvalue weighted by Gasteiger charge is 2.35. The Morgan fingerprint density at radius 2 is 2.19 bits per heavy atom. The van der Waals surface area contributed by atoms with E-state index >= 15 is 0 Å². The Bertz CT molecular complexity index is 570. The van der Waals surface area contributed by atoms with Crippen LogP contribution in [0.15, 0.2) is 29.4 Å². The predicted molar refractivity (Wildman–Crippen MR) is 79.2 cm³/mol. The van der Waals surface area contributed by atoms with E-state index in [1.807, 2.05) is 11.0 Å². The molecule has 2 aliphatic heterocycles. The maximum absolute atomic E-state index is 12.5. The zero-order valence-electron chi connectivity index (χ0n) is 12.2. The molecule has 5 heteroatoms. The first kappa shape index (κ1) is 13.9. The van der Waals surface area contributed by atoms with Crippen LogP contribution in [0.5, 0.6) is 5.75 Å². The second-order valence-electron chi connectivity index (χ2n) is 5.73. The molecule has 2 atom stereocenters. The minimum atomic E-state index is -0.555. The summed E-state index contributed by atoms with van der Waals surface area (Å²) in [4.78, 5) is 19.8. The largest absolute Gasteiger partial charge is 0.507 e. The van der Waals surface area contributed by atoms with Gasteiger partial charge in [0.15, 0.2) is 0 Å². The second kappa shape index (κ2) is 5.76. The van der Waals surface area contributed by atoms with Crippen molar-refractivity contribution >= 4 is 11.6 Å². The Labute approximate surface area is 124 Å². The molecular weight excluding hydrogens is 268 g/mol. The molecule has 21 heavy (non-hydrogen) atoms. The van der Waals surface area contributed by atoms with Gasteiger partial charge in [-0.25, -0.2) is 0 Å². The van der Waals surface area contributed by atoms with Gasteiger partial charge in [-0.1, -0.05) is 17.3 Å². The molecule has 0 saturated carbocycles. The molecule has 2 heterocycles. The lowest BCUT2D eigenvalue weighted by Crippen LogP contribution is -2.47. The summed E-state index contributed by atoms with van der Waals surface area (Å²) >= 11 is 0. The summed E-state index contributed by atoms with van der Waals surface area (Å²) in [6.07, 6.45) is 3.14. The number of hydrogen-bond acceptors (Lipinski definition) is 4. The van der Waals surface area contributed by atoms with E-state index in [0.29, 0.717) is 17.7 Å². The SMILES string of the molecule is C[C@@H]1CCCCN1C(=O)[C@H]1CC(c2ccccc2O)=NO1. The third-order valence-electron chi connectivity index (χ3n) is 4.25. The normalized spacial score (nSPS) is 25.4. The Hall–Kier alpha value is -2.04. The molecule has 2 aliphatic rings. The first-order valence-electron chi connectivity index (χ1n) is 7.48. The molecular formula is C16H20N2O3. The number of phenolic OH excluding ortho intramolecular Hbond substituents is 1. The lowest BCUT2D eigenvalue weighted by atomic mass is 10.00. The van der Waals surface area contributed by atoms with E-state index in [9.17, 15) is 9.90 Å². The van der Waals surface area contributed by atoms with Gasteiger partial charge in [0.1, 0.15) is 5.75 Å². The molecule has 1 amide bonds. The number of aromatic hydroxyl groups is 1. The standard InChI is InChI=1S/C16H20N2O3/c1-11-6-4-5-9-18(11)16(20)15-10-13(17-21-15)12-7-2-3-8-14(12)19/h2-3,7-8,11,15,19H,4-6,9-10H2,1H3/t11-,15-/m1/s1. The van der Waals surface area contributed by atoms with E-state index in [2.05, 4.69) is 12.1 Å². The second-order valence-corrected chi connectivity index (χ2v) is 5.73. The average Bonchev–Trinajstić information content (AvgIpc) is 2.97. The zero-order chi connectivity index (χ0) is 14.8. The number of likely N-dealkylation sites (tertiary alicyclic amines) is 1. The Balaban J connectivity index is 1.68. The first-order valence-corrected chi connectivity index (χ1v) is 7.48. The van der Waals surface area contributed by atoms with Crippen LogP contribution in [0, 0.1) is 0 Å². The molecule has 3 rings (SSSR count). The fraction of sp³-hybridized carbons (Fsp3) is 0.500. The number of oxime groups is 1. The van der Waals surface area contributed by atoms with Crippen molar-refractivity contribution in [1.29, 1.82) is 0 Å². The summed E-state index contributed by atoms with van der Waals surface area (Å²) in [6.45, 7) is 2.88. The van der Waals surface area contributed by atoms with Crippen LogP contribution < -0.4 is 0 Å². The summed E-state index contributed by atoms with van der Waals surface area (Å²) in [5, 5.41) is 13.9. The van der Waals surface area contributed by atoms with E-state index in [4.69, 9.17) is 4.84 Å². The zero-order valence-corrected chi connectivity index (χ0v) is 12.2. The van der Waals surface area contributed by atoms with Gasteiger partial charge in [-0.05, 0) is 38.3 Å². The van der Waals surface area contributed by atoms with Crippen molar-refractivity contribution in [3.8, 4) is 5.75 Å². The maximum Gasteiger partial charge on any atom is 0.267 e. The van der Waals surface area contributed by atoms with Crippen molar-refractivity contribution in [3.05, 3.63) is 29.8 Å². The van der Waals surface area contributed by atoms with Crippen LogP contribution in [0.2, 0.25) is 0 Å². The maximum atomic E-state index is 12.5. The van der Waals surface area contributed by atoms with Gasteiger partial charge in [0, 0.05) is 24.6 Å². The predicted octanol–water partition coefficient (Wildman–Crippen LogP) is 2.29. The molecule has 0 spiro atoms. The van der Waals surface area contributed by atoms with Gasteiger partial charge in [-0.3, -0.25) is 4.79 Å². The van der Waals surface area contributed by atoms with Crippen molar-refractivity contribution < 1.29 is 14.7 Å². The van der Waals surface area contributed by atoms with E-state index in [-0.39, 0.29) is 17.7 Å². The molecule has 1 saturated heterocycles. The summed E-state index contributed by atoms with van der Waals surface area (Å²) < 4.78 is 0. The van der Waals surface area contributed by atoms with Crippen molar-refractivity contribution in [2.45, 2.75) is 44.8 Å². The summed E-state index contributed by atoms with van der Waals surface area (Å²) in [7, 11) is 0. The third kappa shape index (κ3) is 2.73. The number of piperidine rings is 1. The van der Waals surface area contributed by atoms with Crippen molar-refractivity contribution in [1.82, 2.24) is 4.90 Å². The van der Waals surface area contributed by atoms with Gasteiger partial charge in [0.2, 0.25) is 6.10 Å². The van der Waals surface area contributed by atoms with Gasteiger partial charge in [-0.15, -0.1) is 0 Å². The van der Waals surface area contributed by atoms with Gasteiger partial charge in [-0.2, -0.15) is 0 Å². The molecule has 5 nitrogen and oxygen atoms in total. The van der Waals surface area contributed by atoms with E-state index in [1.165, 1.54) is 6.42 Å². The van der Waals surface area contributed by atoms with Gasteiger partial charge in [0.05, 0.1) is 5.71 Å². The molecule has 1 aromatic rings. The molecule has 0 unspecified atom stereocenters. The topological polar surface area (TPSA) is 62.1 Å². The highest BCUT2D eigenvalue weighted by Crippen LogP contribution is 2.26. The number of rotatable bonds is 2. The number of carbonyl (C=O) groups excluding carboxylic acids is 1. The summed E-state index contributed by atoms with van der Waals surface area (Å²) in [5.41, 5.74) is 1.27. The van der Waals surface area contributed by atoms with Crippen LogP contribution in [0.4, 0.5) is 0 Å². The van der Waals surface area contributed by atoms with E-state index < -0.39 is 6.10 Å². The monoisotopic (exact) mass is 288 g/mol. The molecule has 1 fully saturated rings. The van der Waals surface area contributed by atoms with Crippen LogP contribution in [0.25, 0.3) is 0 Å². The van der Waals surface area contributed by atoms with Crippen LogP contribution in [0.1, 0.15) is 38.2 Å². The highest BCUT2D eigenvalue weighted by molar-refractivity contribution is 6.05. The van der Waals surface area contributed by atoms with Crippen LogP contribution in [-0.4, -0.2) is 40.3 Å². The van der Waals surface area contributed by atoms with Crippen LogP contribution in [-0.2, 0) is 9.63 Å². The van der Waals surface area contributed by atoms with Crippen molar-refractivity contribution in [2.24, 2.45) is 5.16 Å². The number of para-hydroxylation sites is 1. The number of hydrogen-bond donors (Lipinski definition) is 1. The Morgan fingerprint density at radius 1 is 1.38 bits per heavy atom. The van der Waals surface area contributed by atoms with Crippen LogP contribution in [0.3, 0.4) is 0 Å². The number of nitrogens with zero attached hydrogens (tertiary/aromatic N) is 2. The molecule has 0 aromatic heterocycles. The Morgan fingerprint density at radius 3 is 2.95 bits per heavy atom. The van der Waals surface area contributed by atoms with Crippen molar-refractivity contribution in [3.63, 3.8) is 0 Å². The minimum Gasteiger partial charge on any atom is -0.507 e. The van der Waals surface area contributed by atoms with Crippen LogP contribution >= 0.6 is 0 Å². The van der Waals surface area contributed by atoms with Crippen molar-refractivity contribution in [2.75, 3.05) is 6.54 Å². The number of benzene rings is 1. The van der Waals surface area contributed by atoms with Gasteiger partial charge < -0.3 is 14.8 Å². The summed E-state index contributed by atoms with van der Waals surface area (Å²) in [5.74, 6) is 0.177. The summed E-state index contributed by atoms with van der Waals surface area (Å²) in [6, 6.07) is 7.25. The molecule has 0 aliphatic carbocycles. The lowest BCUT2D eigenvalue weighted by molar-refractivity contribution is -0.145. The number of phenols is 1. The van der Waals surface area contributed by atoms with E-state index in [1.54, 1.807) is 18.2 Å². The fourth-order valence-corrected chi connectivity index (χ4v) is 3.00. The highest BCUT2D eigenvalue weighted by atomic mass is 16.6.